The Kier molecular flexibility index (Phi) is 8.62. The van der Waals surface area contributed by atoms with Gasteiger partial charge in [0.15, 0.2) is 5.78 Å². The van der Waals surface area contributed by atoms with Crippen LogP contribution in [0.4, 0.5) is 18.9 Å². The van der Waals surface area contributed by atoms with Crippen LogP contribution in [-0.2, 0) is 16.7 Å². The molecule has 0 bridgehead atoms. The molecule has 3 aromatic carbocycles. The SMILES string of the molecule is Cc1cc(CSc2cc(Cl)ccc2Cl)c(C)c(C2C(C#N)=C(N)N(c3ccccc3C(F)(F)F)C3=C2C(=O)CC(C)(C)C3)c1. The number of nitrogens with zero attached hydrogens (tertiary/aromatic N) is 2. The summed E-state index contributed by atoms with van der Waals surface area (Å²) in [7, 11) is 0. The van der Waals surface area contributed by atoms with Crippen LogP contribution in [0.3, 0.4) is 0 Å². The fraction of sp³-hybridized carbons (Fsp3) is 0.294. The van der Waals surface area contributed by atoms with E-state index in [-0.39, 0.29) is 29.3 Å². The normalized spacial score (nSPS) is 18.4. The first-order chi connectivity index (χ1) is 20.6. The van der Waals surface area contributed by atoms with E-state index in [4.69, 9.17) is 28.9 Å². The number of nitrogens with two attached hydrogens (primary N) is 1. The van der Waals surface area contributed by atoms with E-state index in [1.165, 1.54) is 34.9 Å². The zero-order valence-corrected chi connectivity index (χ0v) is 26.9. The summed E-state index contributed by atoms with van der Waals surface area (Å²) in [6.07, 6.45) is -4.19. The molecule has 0 radical (unpaired) electrons. The van der Waals surface area contributed by atoms with Crippen molar-refractivity contribution in [1.82, 2.24) is 0 Å². The summed E-state index contributed by atoms with van der Waals surface area (Å²) in [6, 6.07) is 16.5. The van der Waals surface area contributed by atoms with Crippen LogP contribution >= 0.6 is 35.0 Å². The summed E-state index contributed by atoms with van der Waals surface area (Å²) in [5.41, 5.74) is 9.25. The molecule has 4 nitrogen and oxygen atoms in total. The van der Waals surface area contributed by atoms with E-state index >= 15 is 0 Å². The molecule has 3 aromatic rings. The second kappa shape index (κ2) is 11.8. The Morgan fingerprint density at radius 1 is 1.09 bits per heavy atom. The van der Waals surface area contributed by atoms with Gasteiger partial charge in [-0.1, -0.05) is 66.9 Å². The van der Waals surface area contributed by atoms with Crippen LogP contribution in [0.2, 0.25) is 10.0 Å². The highest BCUT2D eigenvalue weighted by molar-refractivity contribution is 7.98. The summed E-state index contributed by atoms with van der Waals surface area (Å²) < 4.78 is 42.7. The van der Waals surface area contributed by atoms with E-state index in [2.05, 4.69) is 6.07 Å². The smallest absolute Gasteiger partial charge is 0.384 e. The number of nitriles is 1. The topological polar surface area (TPSA) is 70.1 Å². The maximum atomic E-state index is 14.2. The van der Waals surface area contributed by atoms with E-state index in [0.717, 1.165) is 33.2 Å². The highest BCUT2D eigenvalue weighted by Crippen LogP contribution is 2.52. The van der Waals surface area contributed by atoms with E-state index in [1.54, 1.807) is 18.2 Å². The van der Waals surface area contributed by atoms with Crippen molar-refractivity contribution in [2.24, 2.45) is 11.1 Å². The number of alkyl halides is 3. The first-order valence-corrected chi connectivity index (χ1v) is 15.7. The van der Waals surface area contributed by atoms with E-state index in [1.807, 2.05) is 39.8 Å². The Labute approximate surface area is 269 Å². The molecule has 228 valence electrons. The Morgan fingerprint density at radius 3 is 2.48 bits per heavy atom. The number of ketones is 1. The fourth-order valence-corrected chi connectivity index (χ4v) is 7.71. The summed E-state index contributed by atoms with van der Waals surface area (Å²) in [5.74, 6) is -0.613. The van der Waals surface area contributed by atoms with Gasteiger partial charge in [0.1, 0.15) is 5.82 Å². The molecule has 0 saturated carbocycles. The number of hydrogen-bond donors (Lipinski definition) is 1. The van der Waals surface area contributed by atoms with E-state index < -0.39 is 23.1 Å². The number of allylic oxidation sites excluding steroid dienone is 3. The molecule has 44 heavy (non-hydrogen) atoms. The summed E-state index contributed by atoms with van der Waals surface area (Å²) in [5, 5.41) is 11.6. The van der Waals surface area contributed by atoms with Crippen molar-refractivity contribution in [2.45, 2.75) is 63.3 Å². The molecule has 1 unspecified atom stereocenters. The molecule has 2 N–H and O–H groups in total. The molecule has 0 spiro atoms. The molecule has 1 heterocycles. The molecule has 2 aliphatic rings. The minimum absolute atomic E-state index is 0.0407. The van der Waals surface area contributed by atoms with Gasteiger partial charge in [-0.25, -0.2) is 0 Å². The molecular formula is C34H30Cl2F3N3OS. The molecule has 0 aromatic heterocycles. The van der Waals surface area contributed by atoms with Gasteiger partial charge in [0.25, 0.3) is 0 Å². The van der Waals surface area contributed by atoms with Crippen molar-refractivity contribution < 1.29 is 18.0 Å². The van der Waals surface area contributed by atoms with Gasteiger partial charge < -0.3 is 5.73 Å². The maximum absolute atomic E-state index is 14.2. The number of Topliss-reactive ketones (excluding diaryl/α,β-unsaturated/α-hetero) is 1. The van der Waals surface area contributed by atoms with Crippen LogP contribution in [0.25, 0.3) is 0 Å². The lowest BCUT2D eigenvalue weighted by Crippen LogP contribution is -2.42. The van der Waals surface area contributed by atoms with Gasteiger partial charge in [-0.3, -0.25) is 9.69 Å². The van der Waals surface area contributed by atoms with Crippen molar-refractivity contribution in [3.05, 3.63) is 115 Å². The van der Waals surface area contributed by atoms with Crippen LogP contribution in [-0.4, -0.2) is 5.78 Å². The third kappa shape index (κ3) is 5.98. The number of benzene rings is 3. The lowest BCUT2D eigenvalue weighted by atomic mass is 9.68. The lowest BCUT2D eigenvalue weighted by Gasteiger charge is -2.44. The zero-order chi connectivity index (χ0) is 32.1. The number of halogens is 5. The van der Waals surface area contributed by atoms with Crippen LogP contribution in [0.5, 0.6) is 0 Å². The van der Waals surface area contributed by atoms with Gasteiger partial charge in [-0.05, 0) is 72.7 Å². The average molecular weight is 657 g/mol. The molecule has 0 fully saturated rings. The molecular weight excluding hydrogens is 626 g/mol. The minimum Gasteiger partial charge on any atom is -0.384 e. The number of carbonyl (C=O) groups is 1. The largest absolute Gasteiger partial charge is 0.418 e. The monoisotopic (exact) mass is 655 g/mol. The molecule has 0 amide bonds. The van der Waals surface area contributed by atoms with Crippen LogP contribution in [0.15, 0.2) is 82.2 Å². The summed E-state index contributed by atoms with van der Waals surface area (Å²) >= 11 is 14.1. The second-order valence-corrected chi connectivity index (χ2v) is 13.9. The molecule has 10 heteroatoms. The number of thioether (sulfide) groups is 1. The predicted octanol–water partition coefficient (Wildman–Crippen LogP) is 9.86. The maximum Gasteiger partial charge on any atom is 0.418 e. The van der Waals surface area contributed by atoms with Crippen LogP contribution < -0.4 is 10.6 Å². The van der Waals surface area contributed by atoms with Gasteiger partial charge in [0.05, 0.1) is 33.8 Å². The number of anilines is 1. The van der Waals surface area contributed by atoms with Crippen molar-refractivity contribution >= 4 is 46.4 Å². The molecule has 1 aliphatic carbocycles. The molecule has 0 saturated heterocycles. The Bertz CT molecular complexity index is 1790. The van der Waals surface area contributed by atoms with Crippen molar-refractivity contribution in [3.63, 3.8) is 0 Å². The first kappa shape index (κ1) is 32.0. The minimum atomic E-state index is -4.68. The van der Waals surface area contributed by atoms with Gasteiger partial charge in [0, 0.05) is 33.4 Å². The van der Waals surface area contributed by atoms with Gasteiger partial charge in [-0.2, -0.15) is 18.4 Å². The van der Waals surface area contributed by atoms with E-state index in [9.17, 15) is 23.2 Å². The van der Waals surface area contributed by atoms with Gasteiger partial charge >= 0.3 is 6.18 Å². The molecule has 5 rings (SSSR count). The van der Waals surface area contributed by atoms with Crippen LogP contribution in [0, 0.1) is 30.6 Å². The predicted molar refractivity (Wildman–Crippen MR) is 170 cm³/mol. The lowest BCUT2D eigenvalue weighted by molar-refractivity contribution is -0.137. The Hall–Kier alpha value is -3.38. The first-order valence-electron chi connectivity index (χ1n) is 13.9. The third-order valence-corrected chi connectivity index (χ3v) is 9.90. The highest BCUT2D eigenvalue weighted by Gasteiger charge is 2.47. The number of aryl methyl sites for hydroxylation is 1. The van der Waals surface area contributed by atoms with Crippen molar-refractivity contribution in [3.8, 4) is 6.07 Å². The molecule has 1 atom stereocenters. The van der Waals surface area contributed by atoms with Crippen molar-refractivity contribution in [2.75, 3.05) is 4.90 Å². The van der Waals surface area contributed by atoms with Gasteiger partial charge in [0.2, 0.25) is 0 Å². The summed E-state index contributed by atoms with van der Waals surface area (Å²) in [4.78, 5) is 16.1. The number of para-hydroxylation sites is 1. The summed E-state index contributed by atoms with van der Waals surface area (Å²) in [6.45, 7) is 7.67. The van der Waals surface area contributed by atoms with E-state index in [0.29, 0.717) is 33.5 Å². The van der Waals surface area contributed by atoms with Crippen LogP contribution in [0.1, 0.15) is 60.4 Å². The number of rotatable bonds is 5. The number of hydrogen-bond acceptors (Lipinski definition) is 5. The fourth-order valence-electron chi connectivity index (χ4n) is 6.16. The third-order valence-electron chi connectivity index (χ3n) is 8.12. The quantitative estimate of drug-likeness (QED) is 0.277. The zero-order valence-electron chi connectivity index (χ0n) is 24.6. The average Bonchev–Trinajstić information content (AvgIpc) is 2.93. The van der Waals surface area contributed by atoms with Crippen molar-refractivity contribution in [1.29, 1.82) is 5.26 Å². The second-order valence-electron chi connectivity index (χ2n) is 12.0. The standard InChI is InChI=1S/C34H30Cl2F3N3OS/c1-18-11-20(17-44-29-13-21(35)9-10-25(29)36)19(2)22(12-18)30-23(16-40)32(41)42(26-8-6-5-7-24(26)34(37,38)39)27-14-33(3,4)15-28(43)31(27)30/h5-13,30H,14-15,17,41H2,1-4H3. The Morgan fingerprint density at radius 2 is 1.80 bits per heavy atom. The molecule has 1 aliphatic heterocycles. The Balaban J connectivity index is 1.71. The van der Waals surface area contributed by atoms with Gasteiger partial charge in [-0.15, -0.1) is 11.8 Å². The number of carbonyl (C=O) groups excluding carboxylic acids is 1. The highest BCUT2D eigenvalue weighted by atomic mass is 35.5.